The van der Waals surface area contributed by atoms with Crippen LogP contribution in [0.3, 0.4) is 0 Å². The summed E-state index contributed by atoms with van der Waals surface area (Å²) in [4.78, 5) is 3.71. The van der Waals surface area contributed by atoms with Gasteiger partial charge in [-0.2, -0.15) is 4.98 Å². The number of aromatic hydroxyl groups is 1. The van der Waals surface area contributed by atoms with Crippen molar-refractivity contribution < 1.29 is 20.1 Å². The molecule has 5 nitrogen and oxygen atoms in total. The highest BCUT2D eigenvalue weighted by molar-refractivity contribution is 9.10. The molecule has 0 spiro atoms. The number of halogens is 2. The maximum Gasteiger partial charge on any atom is 0.259 e. The zero-order chi connectivity index (χ0) is 11.4. The minimum Gasteiger partial charge on any atom is -0.502 e. The van der Waals surface area contributed by atoms with E-state index in [4.69, 9.17) is 26.6 Å². The van der Waals surface area contributed by atoms with Crippen molar-refractivity contribution in [1.82, 2.24) is 4.98 Å². The van der Waals surface area contributed by atoms with E-state index in [0.717, 1.165) is 0 Å². The van der Waals surface area contributed by atoms with Crippen LogP contribution in [0.25, 0.3) is 0 Å². The van der Waals surface area contributed by atoms with Crippen LogP contribution in [-0.4, -0.2) is 39.6 Å². The Labute approximate surface area is 99.4 Å². The normalized spacial score (nSPS) is 12.5. The Bertz CT molecular complexity index is 350. The second kappa shape index (κ2) is 5.50. The van der Waals surface area contributed by atoms with E-state index in [2.05, 4.69) is 20.9 Å². The lowest BCUT2D eigenvalue weighted by molar-refractivity contribution is 0.0511. The fraction of sp³-hybridized carbons (Fsp3) is 0.375. The molecule has 0 amide bonds. The van der Waals surface area contributed by atoms with Crippen LogP contribution in [0.4, 0.5) is 0 Å². The maximum absolute atomic E-state index is 9.47. The fourth-order valence-electron chi connectivity index (χ4n) is 0.786. The largest absolute Gasteiger partial charge is 0.502 e. The third-order valence-electron chi connectivity index (χ3n) is 1.51. The molecule has 0 aliphatic heterocycles. The van der Waals surface area contributed by atoms with Crippen LogP contribution in [-0.2, 0) is 0 Å². The van der Waals surface area contributed by atoms with Crippen molar-refractivity contribution in [2.45, 2.75) is 6.10 Å². The summed E-state index contributed by atoms with van der Waals surface area (Å²) in [6.07, 6.45) is -1.02. The Hall–Kier alpha value is -0.560. The lowest BCUT2D eigenvalue weighted by atomic mass is 10.4. The van der Waals surface area contributed by atoms with Crippen LogP contribution in [0.2, 0.25) is 5.15 Å². The van der Waals surface area contributed by atoms with Gasteiger partial charge in [0.1, 0.15) is 17.9 Å². The predicted octanol–water partition coefficient (Wildman–Crippen LogP) is 0.935. The molecule has 7 heteroatoms. The Balaban J connectivity index is 2.76. The number of hydrogen-bond donors (Lipinski definition) is 3. The summed E-state index contributed by atoms with van der Waals surface area (Å²) in [5.74, 6) is -0.300. The molecule has 0 aliphatic rings. The highest BCUT2D eigenvalue weighted by atomic mass is 79.9. The van der Waals surface area contributed by atoms with Gasteiger partial charge >= 0.3 is 0 Å². The molecule has 1 rings (SSSR count). The first kappa shape index (κ1) is 12.5. The number of rotatable bonds is 4. The first-order valence-corrected chi connectivity index (χ1v) is 5.18. The van der Waals surface area contributed by atoms with Gasteiger partial charge in [-0.05, 0) is 22.0 Å². The van der Waals surface area contributed by atoms with Gasteiger partial charge in [-0.15, -0.1) is 0 Å². The SMILES string of the molecule is OC[C@H](O)COc1nc(Cl)cc(Br)c1O. The van der Waals surface area contributed by atoms with Crippen LogP contribution >= 0.6 is 27.5 Å². The van der Waals surface area contributed by atoms with Crippen molar-refractivity contribution in [2.75, 3.05) is 13.2 Å². The van der Waals surface area contributed by atoms with Crippen molar-refractivity contribution in [3.05, 3.63) is 15.7 Å². The third kappa shape index (κ3) is 3.49. The maximum atomic E-state index is 9.47. The number of aliphatic hydroxyl groups is 2. The number of nitrogens with zero attached hydrogens (tertiary/aromatic N) is 1. The van der Waals surface area contributed by atoms with Gasteiger partial charge in [0.15, 0.2) is 5.75 Å². The molecule has 0 unspecified atom stereocenters. The lowest BCUT2D eigenvalue weighted by Crippen LogP contribution is -2.21. The van der Waals surface area contributed by atoms with Crippen molar-refractivity contribution >= 4 is 27.5 Å². The molecule has 0 aliphatic carbocycles. The summed E-state index contributed by atoms with van der Waals surface area (Å²) < 4.78 is 5.31. The minimum absolute atomic E-state index is 0.0955. The molecule has 1 aromatic rings. The van der Waals surface area contributed by atoms with Gasteiger partial charge in [-0.3, -0.25) is 0 Å². The molecular formula is C8H9BrClNO4. The standard InChI is InChI=1S/C8H9BrClNO4/c9-5-1-6(10)11-8(7(5)14)15-3-4(13)2-12/h1,4,12-14H,2-3H2/t4-/m0/s1. The summed E-state index contributed by atoms with van der Waals surface area (Å²) in [6, 6.07) is 1.41. The molecule has 1 heterocycles. The first-order chi connectivity index (χ1) is 7.04. The number of aromatic nitrogens is 1. The molecule has 84 valence electrons. The first-order valence-electron chi connectivity index (χ1n) is 4.01. The summed E-state index contributed by atoms with van der Waals surface area (Å²) in [7, 11) is 0. The molecule has 1 atom stereocenters. The van der Waals surface area contributed by atoms with E-state index in [1.807, 2.05) is 0 Å². The summed E-state index contributed by atoms with van der Waals surface area (Å²) in [6.45, 7) is -0.605. The average Bonchev–Trinajstić information content (AvgIpc) is 2.20. The number of pyridine rings is 1. The van der Waals surface area contributed by atoms with Gasteiger partial charge in [0.05, 0.1) is 11.1 Å². The molecule has 1 aromatic heterocycles. The van der Waals surface area contributed by atoms with Crippen LogP contribution < -0.4 is 4.74 Å². The quantitative estimate of drug-likeness (QED) is 0.721. The van der Waals surface area contributed by atoms with Crippen LogP contribution in [0.1, 0.15) is 0 Å². The number of aliphatic hydroxyl groups excluding tert-OH is 2. The summed E-state index contributed by atoms with van der Waals surface area (Å²) in [5.41, 5.74) is 0. The molecule has 15 heavy (non-hydrogen) atoms. The van der Waals surface area contributed by atoms with Gasteiger partial charge in [0, 0.05) is 0 Å². The highest BCUT2D eigenvalue weighted by Gasteiger charge is 2.12. The van der Waals surface area contributed by atoms with Crippen molar-refractivity contribution in [1.29, 1.82) is 0 Å². The van der Waals surface area contributed by atoms with Crippen molar-refractivity contribution in [3.63, 3.8) is 0 Å². The number of ether oxygens (including phenoxy) is 1. The average molecular weight is 299 g/mol. The molecular weight excluding hydrogens is 289 g/mol. The Morgan fingerprint density at radius 1 is 1.60 bits per heavy atom. The van der Waals surface area contributed by atoms with Gasteiger partial charge in [0.25, 0.3) is 5.88 Å². The highest BCUT2D eigenvalue weighted by Crippen LogP contribution is 2.34. The zero-order valence-electron chi connectivity index (χ0n) is 7.52. The minimum atomic E-state index is -1.02. The Morgan fingerprint density at radius 2 is 2.27 bits per heavy atom. The van der Waals surface area contributed by atoms with E-state index in [1.54, 1.807) is 0 Å². The van der Waals surface area contributed by atoms with Gasteiger partial charge < -0.3 is 20.1 Å². The van der Waals surface area contributed by atoms with Crippen molar-refractivity contribution in [3.8, 4) is 11.6 Å². The van der Waals surface area contributed by atoms with E-state index >= 15 is 0 Å². The third-order valence-corrected chi connectivity index (χ3v) is 2.30. The van der Waals surface area contributed by atoms with E-state index in [9.17, 15) is 5.11 Å². The van der Waals surface area contributed by atoms with Crippen LogP contribution in [0.15, 0.2) is 10.5 Å². The Kier molecular flexibility index (Phi) is 4.59. The lowest BCUT2D eigenvalue weighted by Gasteiger charge is -2.10. The van der Waals surface area contributed by atoms with Gasteiger partial charge in [0.2, 0.25) is 0 Å². The van der Waals surface area contributed by atoms with E-state index in [0.29, 0.717) is 4.47 Å². The van der Waals surface area contributed by atoms with Crippen molar-refractivity contribution in [2.24, 2.45) is 0 Å². The van der Waals surface area contributed by atoms with E-state index in [1.165, 1.54) is 6.07 Å². The van der Waals surface area contributed by atoms with Gasteiger partial charge in [-0.1, -0.05) is 11.6 Å². The van der Waals surface area contributed by atoms with Crippen LogP contribution in [0.5, 0.6) is 11.6 Å². The molecule has 0 aromatic carbocycles. The second-order valence-electron chi connectivity index (χ2n) is 2.73. The molecule has 3 N–H and O–H groups in total. The fourth-order valence-corrected chi connectivity index (χ4v) is 1.49. The molecule has 0 saturated carbocycles. The predicted molar refractivity (Wildman–Crippen MR) is 57.2 cm³/mol. The summed E-state index contributed by atoms with van der Waals surface area (Å²) in [5, 5.41) is 27.2. The van der Waals surface area contributed by atoms with E-state index < -0.39 is 12.7 Å². The monoisotopic (exact) mass is 297 g/mol. The summed E-state index contributed by atoms with van der Waals surface area (Å²) >= 11 is 8.68. The number of hydrogen-bond acceptors (Lipinski definition) is 5. The van der Waals surface area contributed by atoms with E-state index in [-0.39, 0.29) is 23.4 Å². The molecule has 0 radical (unpaired) electrons. The van der Waals surface area contributed by atoms with Gasteiger partial charge in [-0.25, -0.2) is 0 Å². The second-order valence-corrected chi connectivity index (χ2v) is 3.97. The molecule has 0 fully saturated rings. The molecule has 0 bridgehead atoms. The Morgan fingerprint density at radius 3 is 2.87 bits per heavy atom. The van der Waals surface area contributed by atoms with Crippen LogP contribution in [0, 0.1) is 0 Å². The smallest absolute Gasteiger partial charge is 0.259 e. The topological polar surface area (TPSA) is 82.8 Å². The molecule has 0 saturated heterocycles. The zero-order valence-corrected chi connectivity index (χ0v) is 9.86.